The van der Waals surface area contributed by atoms with Gasteiger partial charge in [-0.2, -0.15) is 0 Å². The number of thioether (sulfide) groups is 1. The zero-order chi connectivity index (χ0) is 20.2. The number of nitrogens with one attached hydrogen (secondary N) is 1. The van der Waals surface area contributed by atoms with Gasteiger partial charge in [-0.05, 0) is 31.2 Å². The molecule has 2 heterocycles. The number of carbonyl (C=O) groups excluding carboxylic acids is 1. The third kappa shape index (κ3) is 5.11. The molecule has 1 amide bonds. The minimum atomic E-state index is -0.178. The zero-order valence-corrected chi connectivity index (χ0v) is 18.5. The summed E-state index contributed by atoms with van der Waals surface area (Å²) in [5.41, 5.74) is 3.88. The van der Waals surface area contributed by atoms with Crippen LogP contribution in [0.4, 0.5) is 5.13 Å². The number of carbonyl (C=O) groups is 1. The van der Waals surface area contributed by atoms with Crippen LogP contribution in [0.1, 0.15) is 5.56 Å². The summed E-state index contributed by atoms with van der Waals surface area (Å²) in [5, 5.41) is 13.7. The number of benzene rings is 2. The Morgan fingerprint density at radius 3 is 2.59 bits per heavy atom. The highest BCUT2D eigenvalue weighted by Gasteiger charge is 2.13. The van der Waals surface area contributed by atoms with Gasteiger partial charge in [-0.25, -0.2) is 4.98 Å². The third-order valence-electron chi connectivity index (χ3n) is 3.92. The number of nitrogens with zero attached hydrogens (tertiary/aromatic N) is 3. The Balaban J connectivity index is 1.33. The summed E-state index contributed by atoms with van der Waals surface area (Å²) in [6.07, 6.45) is 0. The molecule has 0 aliphatic heterocycles. The second-order valence-corrected chi connectivity index (χ2v) is 8.82. The first kappa shape index (κ1) is 19.8. The molecule has 2 aromatic heterocycles. The van der Waals surface area contributed by atoms with E-state index in [9.17, 15) is 4.79 Å². The lowest BCUT2D eigenvalue weighted by molar-refractivity contribution is -0.113. The van der Waals surface area contributed by atoms with Gasteiger partial charge in [0, 0.05) is 21.0 Å². The van der Waals surface area contributed by atoms with Crippen molar-refractivity contribution in [2.24, 2.45) is 0 Å². The molecule has 2 aromatic carbocycles. The summed E-state index contributed by atoms with van der Waals surface area (Å²) in [7, 11) is 0. The van der Waals surface area contributed by atoms with Crippen LogP contribution in [-0.2, 0) is 4.79 Å². The molecule has 1 N–H and O–H groups in total. The lowest BCUT2D eigenvalue weighted by Gasteiger charge is -2.00. The summed E-state index contributed by atoms with van der Waals surface area (Å²) in [6, 6.07) is 15.7. The predicted molar refractivity (Wildman–Crippen MR) is 119 cm³/mol. The van der Waals surface area contributed by atoms with Gasteiger partial charge >= 0.3 is 0 Å². The van der Waals surface area contributed by atoms with Crippen molar-refractivity contribution < 1.29 is 9.21 Å². The van der Waals surface area contributed by atoms with Crippen molar-refractivity contribution in [2.75, 3.05) is 11.1 Å². The van der Waals surface area contributed by atoms with Gasteiger partial charge in [-0.15, -0.1) is 21.5 Å². The fraction of sp³-hybridized carbons (Fsp3) is 0.100. The summed E-state index contributed by atoms with van der Waals surface area (Å²) < 4.78 is 6.59. The highest BCUT2D eigenvalue weighted by atomic mass is 79.9. The molecule has 0 fully saturated rings. The molecule has 0 radical (unpaired) electrons. The molecule has 4 rings (SSSR count). The first-order chi connectivity index (χ1) is 14.1. The normalized spacial score (nSPS) is 10.8. The predicted octanol–water partition coefficient (Wildman–Crippen LogP) is 5.66. The molecule has 9 heteroatoms. The van der Waals surface area contributed by atoms with E-state index in [4.69, 9.17) is 4.42 Å². The van der Waals surface area contributed by atoms with Crippen LogP contribution in [0.2, 0.25) is 0 Å². The standard InChI is InChI=1S/C20H15BrN4O2S2/c1-12-2-4-13(5-3-12)16-10-28-19(22-16)23-17(26)11-29-20-25-24-18(27-20)14-6-8-15(21)9-7-14/h2-10H,11H2,1H3,(H,22,23,26). The Labute approximate surface area is 183 Å². The van der Waals surface area contributed by atoms with E-state index >= 15 is 0 Å². The van der Waals surface area contributed by atoms with Crippen LogP contribution in [0, 0.1) is 6.92 Å². The number of hydrogen-bond donors (Lipinski definition) is 1. The molecule has 4 aromatic rings. The van der Waals surface area contributed by atoms with E-state index in [1.807, 2.05) is 60.8 Å². The molecular weight excluding hydrogens is 472 g/mol. The van der Waals surface area contributed by atoms with E-state index in [1.165, 1.54) is 28.7 Å². The van der Waals surface area contributed by atoms with Crippen LogP contribution in [0.3, 0.4) is 0 Å². The second kappa shape index (κ2) is 8.89. The van der Waals surface area contributed by atoms with E-state index in [-0.39, 0.29) is 11.7 Å². The van der Waals surface area contributed by atoms with Crippen molar-refractivity contribution in [2.45, 2.75) is 12.1 Å². The highest BCUT2D eigenvalue weighted by molar-refractivity contribution is 9.10. The number of amides is 1. The van der Waals surface area contributed by atoms with E-state index in [0.29, 0.717) is 16.2 Å². The number of aromatic nitrogens is 3. The van der Waals surface area contributed by atoms with Gasteiger partial charge in [-0.1, -0.05) is 57.5 Å². The molecule has 0 aliphatic rings. The molecular formula is C20H15BrN4O2S2. The average Bonchev–Trinajstić information content (AvgIpc) is 3.37. The Morgan fingerprint density at radius 2 is 1.83 bits per heavy atom. The quantitative estimate of drug-likeness (QED) is 0.354. The summed E-state index contributed by atoms with van der Waals surface area (Å²) in [5.74, 6) is 0.396. The molecule has 0 bridgehead atoms. The minimum absolute atomic E-state index is 0.154. The first-order valence-corrected chi connectivity index (χ1v) is 11.3. The first-order valence-electron chi connectivity index (χ1n) is 8.61. The van der Waals surface area contributed by atoms with Crippen LogP contribution in [0.5, 0.6) is 0 Å². The van der Waals surface area contributed by atoms with Gasteiger partial charge in [-0.3, -0.25) is 4.79 Å². The van der Waals surface area contributed by atoms with Crippen LogP contribution < -0.4 is 5.32 Å². The number of halogens is 1. The maximum Gasteiger partial charge on any atom is 0.277 e. The molecule has 29 heavy (non-hydrogen) atoms. The third-order valence-corrected chi connectivity index (χ3v) is 6.03. The number of aryl methyl sites for hydroxylation is 1. The van der Waals surface area contributed by atoms with Gasteiger partial charge in [0.15, 0.2) is 5.13 Å². The Kier molecular flexibility index (Phi) is 6.08. The SMILES string of the molecule is Cc1ccc(-c2csc(NC(=O)CSc3nnc(-c4ccc(Br)cc4)o3)n2)cc1. The van der Waals surface area contributed by atoms with Crippen molar-refractivity contribution in [3.05, 3.63) is 63.9 Å². The van der Waals surface area contributed by atoms with Gasteiger partial charge in [0.2, 0.25) is 11.8 Å². The van der Waals surface area contributed by atoms with Crippen LogP contribution in [0.25, 0.3) is 22.7 Å². The van der Waals surface area contributed by atoms with Gasteiger partial charge in [0.25, 0.3) is 5.22 Å². The van der Waals surface area contributed by atoms with Crippen LogP contribution >= 0.6 is 39.0 Å². The lowest BCUT2D eigenvalue weighted by Crippen LogP contribution is -2.13. The fourth-order valence-electron chi connectivity index (χ4n) is 2.45. The van der Waals surface area contributed by atoms with Crippen LogP contribution in [-0.4, -0.2) is 26.8 Å². The number of thiazole rings is 1. The van der Waals surface area contributed by atoms with Crippen molar-refractivity contribution in [1.82, 2.24) is 15.2 Å². The average molecular weight is 487 g/mol. The molecule has 0 saturated heterocycles. The molecule has 0 unspecified atom stereocenters. The minimum Gasteiger partial charge on any atom is -0.411 e. The lowest BCUT2D eigenvalue weighted by atomic mass is 10.1. The Bertz CT molecular complexity index is 1120. The smallest absolute Gasteiger partial charge is 0.277 e. The van der Waals surface area contributed by atoms with Crippen molar-refractivity contribution in [3.8, 4) is 22.7 Å². The van der Waals surface area contributed by atoms with Gasteiger partial charge < -0.3 is 9.73 Å². The molecule has 146 valence electrons. The van der Waals surface area contributed by atoms with E-state index in [2.05, 4.69) is 36.4 Å². The largest absolute Gasteiger partial charge is 0.411 e. The summed E-state index contributed by atoms with van der Waals surface area (Å²) in [6.45, 7) is 2.04. The van der Waals surface area contributed by atoms with Gasteiger partial charge in [0.05, 0.1) is 11.4 Å². The summed E-state index contributed by atoms with van der Waals surface area (Å²) >= 11 is 5.97. The Hall–Kier alpha value is -2.49. The van der Waals surface area contributed by atoms with Crippen molar-refractivity contribution >= 4 is 50.1 Å². The van der Waals surface area contributed by atoms with E-state index in [0.717, 1.165) is 21.3 Å². The highest BCUT2D eigenvalue weighted by Crippen LogP contribution is 2.27. The summed E-state index contributed by atoms with van der Waals surface area (Å²) in [4.78, 5) is 16.7. The maximum atomic E-state index is 12.2. The van der Waals surface area contributed by atoms with E-state index < -0.39 is 0 Å². The Morgan fingerprint density at radius 1 is 1.10 bits per heavy atom. The fourth-order valence-corrected chi connectivity index (χ4v) is 4.01. The monoisotopic (exact) mass is 486 g/mol. The topological polar surface area (TPSA) is 80.9 Å². The van der Waals surface area contributed by atoms with Crippen molar-refractivity contribution in [3.63, 3.8) is 0 Å². The molecule has 6 nitrogen and oxygen atoms in total. The molecule has 0 spiro atoms. The second-order valence-electron chi connectivity index (χ2n) is 6.12. The zero-order valence-electron chi connectivity index (χ0n) is 15.3. The number of anilines is 1. The molecule has 0 aliphatic carbocycles. The van der Waals surface area contributed by atoms with Crippen LogP contribution in [0.15, 0.2) is 68.0 Å². The van der Waals surface area contributed by atoms with Crippen molar-refractivity contribution in [1.29, 1.82) is 0 Å². The number of rotatable bonds is 6. The molecule has 0 atom stereocenters. The van der Waals surface area contributed by atoms with E-state index in [1.54, 1.807) is 0 Å². The van der Waals surface area contributed by atoms with Gasteiger partial charge in [0.1, 0.15) is 0 Å². The molecule has 0 saturated carbocycles. The maximum absolute atomic E-state index is 12.2. The number of hydrogen-bond acceptors (Lipinski definition) is 7.